The lowest BCUT2D eigenvalue weighted by atomic mass is 9.96. The van der Waals surface area contributed by atoms with E-state index in [1.807, 2.05) is 18.3 Å². The van der Waals surface area contributed by atoms with Gasteiger partial charge in [0.05, 0.1) is 12.1 Å². The van der Waals surface area contributed by atoms with Gasteiger partial charge in [-0.15, -0.1) is 0 Å². The number of pyridine rings is 2. The van der Waals surface area contributed by atoms with Crippen molar-refractivity contribution in [3.05, 3.63) is 70.9 Å². The topological polar surface area (TPSA) is 81.3 Å². The molecule has 0 spiro atoms. The highest BCUT2D eigenvalue weighted by molar-refractivity contribution is 6.09. The lowest BCUT2D eigenvalue weighted by Crippen LogP contribution is -2.03. The van der Waals surface area contributed by atoms with Crippen LogP contribution in [0.15, 0.2) is 48.7 Å². The highest BCUT2D eigenvalue weighted by Gasteiger charge is 2.12. The number of fused-ring (bicyclic) bond motifs is 3. The van der Waals surface area contributed by atoms with E-state index in [-0.39, 0.29) is 6.61 Å². The van der Waals surface area contributed by atoms with Gasteiger partial charge in [-0.05, 0) is 73.2 Å². The van der Waals surface area contributed by atoms with E-state index in [1.165, 1.54) is 16.7 Å². The van der Waals surface area contributed by atoms with Crippen LogP contribution in [0.3, 0.4) is 0 Å². The molecule has 0 aliphatic rings. The smallest absolute Gasteiger partial charge is 0.150 e. The van der Waals surface area contributed by atoms with Crippen LogP contribution in [0.5, 0.6) is 5.75 Å². The average Bonchev–Trinajstić information content (AvgIpc) is 2.71. The number of aliphatic hydroxyl groups is 1. The Kier molecular flexibility index (Phi) is 5.32. The van der Waals surface area contributed by atoms with Crippen molar-refractivity contribution < 1.29 is 9.84 Å². The number of ether oxygens (including phenoxy) is 1. The summed E-state index contributed by atoms with van der Waals surface area (Å²) in [5.41, 5.74) is 12.7. The van der Waals surface area contributed by atoms with Crippen molar-refractivity contribution in [1.29, 1.82) is 0 Å². The SMILES string of the molecule is Cc1ccc2c(c1)nc(N)c1nccc(CCc3ccc(OCCO)cc3C)c12. The predicted molar refractivity (Wildman–Crippen MR) is 117 cm³/mol. The monoisotopic (exact) mass is 387 g/mol. The number of aryl methyl sites for hydroxylation is 4. The Labute approximate surface area is 170 Å². The van der Waals surface area contributed by atoms with E-state index in [9.17, 15) is 0 Å². The highest BCUT2D eigenvalue weighted by atomic mass is 16.5. The summed E-state index contributed by atoms with van der Waals surface area (Å²) in [6.45, 7) is 4.47. The summed E-state index contributed by atoms with van der Waals surface area (Å²) in [5, 5.41) is 11.1. The first-order valence-corrected chi connectivity index (χ1v) is 9.83. The maximum Gasteiger partial charge on any atom is 0.150 e. The van der Waals surface area contributed by atoms with E-state index < -0.39 is 0 Å². The fraction of sp³-hybridized carbons (Fsp3) is 0.250. The second-order valence-corrected chi connectivity index (χ2v) is 7.37. The zero-order valence-corrected chi connectivity index (χ0v) is 16.8. The van der Waals surface area contributed by atoms with E-state index in [4.69, 9.17) is 15.6 Å². The number of anilines is 1. The minimum absolute atomic E-state index is 0.0153. The van der Waals surface area contributed by atoms with Crippen LogP contribution in [0.4, 0.5) is 5.82 Å². The summed E-state index contributed by atoms with van der Waals surface area (Å²) in [4.78, 5) is 9.06. The van der Waals surface area contributed by atoms with Crippen LogP contribution in [0.25, 0.3) is 21.8 Å². The first-order chi connectivity index (χ1) is 14.1. The van der Waals surface area contributed by atoms with E-state index in [1.54, 1.807) is 0 Å². The highest BCUT2D eigenvalue weighted by Crippen LogP contribution is 2.30. The van der Waals surface area contributed by atoms with E-state index in [2.05, 4.69) is 54.1 Å². The molecule has 0 aliphatic heterocycles. The van der Waals surface area contributed by atoms with Crippen LogP contribution in [0.2, 0.25) is 0 Å². The van der Waals surface area contributed by atoms with E-state index in [0.717, 1.165) is 46.0 Å². The summed E-state index contributed by atoms with van der Waals surface area (Å²) in [6.07, 6.45) is 3.60. The maximum absolute atomic E-state index is 8.91. The van der Waals surface area contributed by atoms with Gasteiger partial charge in [0, 0.05) is 17.0 Å². The number of aliphatic hydroxyl groups excluding tert-OH is 1. The van der Waals surface area contributed by atoms with Crippen LogP contribution < -0.4 is 10.5 Å². The summed E-state index contributed by atoms with van der Waals surface area (Å²) in [5.74, 6) is 1.26. The molecule has 5 nitrogen and oxygen atoms in total. The van der Waals surface area contributed by atoms with E-state index >= 15 is 0 Å². The Balaban J connectivity index is 1.69. The van der Waals surface area contributed by atoms with Gasteiger partial charge in [-0.25, -0.2) is 4.98 Å². The summed E-state index contributed by atoms with van der Waals surface area (Å²) in [7, 11) is 0. The molecule has 2 heterocycles. The van der Waals surface area contributed by atoms with Crippen molar-refractivity contribution in [3.8, 4) is 5.75 Å². The van der Waals surface area contributed by atoms with Crippen LogP contribution in [0.1, 0.15) is 22.3 Å². The number of hydrogen-bond donors (Lipinski definition) is 2. The van der Waals surface area contributed by atoms with Gasteiger partial charge < -0.3 is 15.6 Å². The second kappa shape index (κ2) is 8.05. The van der Waals surface area contributed by atoms with Crippen molar-refractivity contribution in [1.82, 2.24) is 9.97 Å². The quantitative estimate of drug-likeness (QED) is 0.486. The van der Waals surface area contributed by atoms with Gasteiger partial charge in [-0.1, -0.05) is 18.2 Å². The van der Waals surface area contributed by atoms with Crippen LogP contribution in [-0.2, 0) is 12.8 Å². The molecule has 0 fully saturated rings. The Morgan fingerprint density at radius 1 is 1.00 bits per heavy atom. The van der Waals surface area contributed by atoms with Crippen molar-refractivity contribution in [2.24, 2.45) is 0 Å². The molecule has 0 radical (unpaired) electrons. The Bertz CT molecular complexity index is 1190. The normalized spacial score (nSPS) is 11.3. The number of hydrogen-bond acceptors (Lipinski definition) is 5. The molecule has 4 aromatic rings. The number of benzene rings is 2. The van der Waals surface area contributed by atoms with Crippen LogP contribution in [-0.4, -0.2) is 28.3 Å². The first-order valence-electron chi connectivity index (χ1n) is 9.83. The third kappa shape index (κ3) is 3.87. The Morgan fingerprint density at radius 3 is 2.62 bits per heavy atom. The fourth-order valence-electron chi connectivity index (χ4n) is 3.80. The van der Waals surface area contributed by atoms with E-state index in [0.29, 0.717) is 12.4 Å². The van der Waals surface area contributed by atoms with Gasteiger partial charge in [-0.2, -0.15) is 0 Å². The molecule has 0 saturated carbocycles. The van der Waals surface area contributed by atoms with Gasteiger partial charge >= 0.3 is 0 Å². The molecule has 2 aromatic heterocycles. The van der Waals surface area contributed by atoms with Crippen LogP contribution in [0, 0.1) is 13.8 Å². The van der Waals surface area contributed by atoms with Crippen LogP contribution >= 0.6 is 0 Å². The molecule has 0 aliphatic carbocycles. The third-order valence-electron chi connectivity index (χ3n) is 5.28. The van der Waals surface area contributed by atoms with Gasteiger partial charge in [0.1, 0.15) is 17.9 Å². The maximum atomic E-state index is 8.91. The summed E-state index contributed by atoms with van der Waals surface area (Å²) in [6, 6.07) is 14.4. The number of aromatic nitrogens is 2. The zero-order chi connectivity index (χ0) is 20.4. The van der Waals surface area contributed by atoms with Crippen molar-refractivity contribution >= 4 is 27.6 Å². The van der Waals surface area contributed by atoms with Gasteiger partial charge in [0.2, 0.25) is 0 Å². The molecule has 0 atom stereocenters. The minimum atomic E-state index is 0.0153. The molecule has 0 unspecified atom stereocenters. The molecule has 0 saturated heterocycles. The van der Waals surface area contributed by atoms with Crippen molar-refractivity contribution in [2.45, 2.75) is 26.7 Å². The molecule has 2 aromatic carbocycles. The predicted octanol–water partition coefficient (Wildman–Crippen LogP) is 4.14. The lowest BCUT2D eigenvalue weighted by Gasteiger charge is -2.13. The second-order valence-electron chi connectivity index (χ2n) is 7.37. The lowest BCUT2D eigenvalue weighted by molar-refractivity contribution is 0.201. The van der Waals surface area contributed by atoms with Gasteiger partial charge in [0.15, 0.2) is 5.82 Å². The molecular formula is C24H25N3O2. The standard InChI is InChI=1S/C24H25N3O2/c1-15-3-8-20-21(13-15)27-24(25)23-22(20)18(9-10-26-23)5-4-17-6-7-19(14-16(17)2)29-12-11-28/h3,6-10,13-14,28H,4-5,11-12H2,1-2H3,(H2,25,27). The van der Waals surface area contributed by atoms with Gasteiger partial charge in [-0.3, -0.25) is 4.98 Å². The molecule has 29 heavy (non-hydrogen) atoms. The molecule has 148 valence electrons. The zero-order valence-electron chi connectivity index (χ0n) is 16.8. The number of rotatable bonds is 6. The number of nitrogen functional groups attached to an aromatic ring is 1. The fourth-order valence-corrected chi connectivity index (χ4v) is 3.80. The summed E-state index contributed by atoms with van der Waals surface area (Å²) >= 11 is 0. The Hall–Kier alpha value is -3.18. The Morgan fingerprint density at radius 2 is 1.83 bits per heavy atom. The molecule has 3 N–H and O–H groups in total. The average molecular weight is 387 g/mol. The molecule has 0 bridgehead atoms. The minimum Gasteiger partial charge on any atom is -0.491 e. The number of nitrogens with zero attached hydrogens (tertiary/aromatic N) is 2. The largest absolute Gasteiger partial charge is 0.491 e. The molecule has 4 rings (SSSR count). The van der Waals surface area contributed by atoms with Crippen molar-refractivity contribution in [2.75, 3.05) is 18.9 Å². The third-order valence-corrected chi connectivity index (χ3v) is 5.28. The van der Waals surface area contributed by atoms with Gasteiger partial charge in [0.25, 0.3) is 0 Å². The first kappa shape index (κ1) is 19.2. The molecule has 5 heteroatoms. The number of nitrogens with two attached hydrogens (primary N) is 1. The molecular weight excluding hydrogens is 362 g/mol. The molecule has 0 amide bonds. The van der Waals surface area contributed by atoms with Crippen molar-refractivity contribution in [3.63, 3.8) is 0 Å². The summed E-state index contributed by atoms with van der Waals surface area (Å²) < 4.78 is 5.50.